The first-order valence-corrected chi connectivity index (χ1v) is 5.42. The predicted octanol–water partition coefficient (Wildman–Crippen LogP) is 1.76. The van der Waals surface area contributed by atoms with Crippen molar-refractivity contribution in [1.29, 1.82) is 0 Å². The molecule has 2 N–H and O–H groups in total. The van der Waals surface area contributed by atoms with Crippen LogP contribution in [-0.2, 0) is 0 Å². The van der Waals surface area contributed by atoms with Crippen LogP contribution < -0.4 is 10.6 Å². The van der Waals surface area contributed by atoms with Gasteiger partial charge < -0.3 is 10.6 Å². The molecule has 1 rings (SSSR count). The molecule has 1 fully saturated rings. The molecule has 1 aliphatic heterocycles. The van der Waals surface area contributed by atoms with Crippen molar-refractivity contribution < 1.29 is 8.78 Å². The highest BCUT2D eigenvalue weighted by Gasteiger charge is 2.31. The fourth-order valence-electron chi connectivity index (χ4n) is 2.22. The van der Waals surface area contributed by atoms with Gasteiger partial charge in [-0.3, -0.25) is 0 Å². The van der Waals surface area contributed by atoms with Crippen LogP contribution in [0.3, 0.4) is 0 Å². The van der Waals surface area contributed by atoms with Crippen LogP contribution in [-0.4, -0.2) is 31.6 Å². The van der Waals surface area contributed by atoms with Gasteiger partial charge >= 0.3 is 0 Å². The summed E-state index contributed by atoms with van der Waals surface area (Å²) in [5.41, 5.74) is 0.0869. The van der Waals surface area contributed by atoms with E-state index in [0.717, 1.165) is 32.2 Å². The van der Waals surface area contributed by atoms with Gasteiger partial charge in [0.1, 0.15) is 0 Å². The van der Waals surface area contributed by atoms with E-state index in [1.807, 2.05) is 0 Å². The number of hydrogen-bond donors (Lipinski definition) is 2. The number of nitrogens with one attached hydrogen (secondary N) is 2. The third kappa shape index (κ3) is 3.50. The van der Waals surface area contributed by atoms with Gasteiger partial charge in [0.2, 0.25) is 0 Å². The summed E-state index contributed by atoms with van der Waals surface area (Å²) in [4.78, 5) is 0. The summed E-state index contributed by atoms with van der Waals surface area (Å²) >= 11 is 0. The smallest absolute Gasteiger partial charge is 0.250 e. The lowest BCUT2D eigenvalue weighted by molar-refractivity contribution is 0.141. The van der Waals surface area contributed by atoms with Crippen molar-refractivity contribution in [3.8, 4) is 0 Å². The van der Waals surface area contributed by atoms with Gasteiger partial charge in [0.05, 0.1) is 6.54 Å². The molecule has 0 aliphatic carbocycles. The Morgan fingerprint density at radius 3 is 2.79 bits per heavy atom. The van der Waals surface area contributed by atoms with Crippen LogP contribution in [0, 0.1) is 0 Å². The molecule has 0 saturated carbocycles. The van der Waals surface area contributed by atoms with E-state index in [2.05, 4.69) is 17.6 Å². The molecular formula is C10H20F2N2. The van der Waals surface area contributed by atoms with E-state index in [0.29, 0.717) is 6.54 Å². The SMILES string of the molecule is CCCC1(CNCC(F)F)CCCN1. The van der Waals surface area contributed by atoms with Gasteiger partial charge in [0.15, 0.2) is 0 Å². The minimum Gasteiger partial charge on any atom is -0.310 e. The molecule has 1 unspecified atom stereocenters. The average Bonchev–Trinajstić information content (AvgIpc) is 2.53. The lowest BCUT2D eigenvalue weighted by Crippen LogP contribution is -2.49. The number of rotatable bonds is 6. The first-order chi connectivity index (χ1) is 6.68. The van der Waals surface area contributed by atoms with E-state index in [-0.39, 0.29) is 12.1 Å². The molecule has 1 atom stereocenters. The van der Waals surface area contributed by atoms with Gasteiger partial charge in [0.25, 0.3) is 6.43 Å². The molecular weight excluding hydrogens is 186 g/mol. The van der Waals surface area contributed by atoms with Crippen LogP contribution in [0.4, 0.5) is 8.78 Å². The first kappa shape index (κ1) is 11.9. The molecule has 0 aromatic carbocycles. The summed E-state index contributed by atoms with van der Waals surface area (Å²) in [5, 5.41) is 6.28. The lowest BCUT2D eigenvalue weighted by Gasteiger charge is -2.29. The zero-order chi connectivity index (χ0) is 10.4. The standard InChI is InChI=1S/C10H20F2N2/c1-2-4-10(5-3-6-14-10)8-13-7-9(11)12/h9,13-14H,2-8H2,1H3. The molecule has 4 heteroatoms. The number of halogens is 2. The van der Waals surface area contributed by atoms with Crippen LogP contribution in [0.15, 0.2) is 0 Å². The maximum atomic E-state index is 11.9. The fraction of sp³-hybridized carbons (Fsp3) is 1.00. The molecule has 14 heavy (non-hydrogen) atoms. The zero-order valence-corrected chi connectivity index (χ0v) is 8.78. The minimum absolute atomic E-state index is 0.0869. The summed E-state index contributed by atoms with van der Waals surface area (Å²) in [6.07, 6.45) is 2.20. The Morgan fingerprint density at radius 1 is 1.50 bits per heavy atom. The monoisotopic (exact) mass is 206 g/mol. The minimum atomic E-state index is -2.24. The highest BCUT2D eigenvalue weighted by Crippen LogP contribution is 2.23. The predicted molar refractivity (Wildman–Crippen MR) is 53.7 cm³/mol. The Balaban J connectivity index is 2.28. The lowest BCUT2D eigenvalue weighted by atomic mass is 9.92. The van der Waals surface area contributed by atoms with Gasteiger partial charge in [-0.05, 0) is 25.8 Å². The van der Waals surface area contributed by atoms with E-state index in [4.69, 9.17) is 0 Å². The van der Waals surface area contributed by atoms with E-state index >= 15 is 0 Å². The molecule has 1 saturated heterocycles. The largest absolute Gasteiger partial charge is 0.310 e. The first-order valence-electron chi connectivity index (χ1n) is 5.42. The van der Waals surface area contributed by atoms with Crippen molar-refractivity contribution in [3.63, 3.8) is 0 Å². The second-order valence-electron chi connectivity index (χ2n) is 4.08. The number of alkyl halides is 2. The Hall–Kier alpha value is -0.220. The van der Waals surface area contributed by atoms with Crippen molar-refractivity contribution in [2.24, 2.45) is 0 Å². The van der Waals surface area contributed by atoms with Gasteiger partial charge in [-0.25, -0.2) is 8.78 Å². The Labute approximate surface area is 84.4 Å². The normalized spacial score (nSPS) is 27.4. The molecule has 2 nitrogen and oxygen atoms in total. The van der Waals surface area contributed by atoms with E-state index < -0.39 is 6.43 Å². The zero-order valence-electron chi connectivity index (χ0n) is 8.78. The van der Waals surface area contributed by atoms with Crippen LogP contribution in [0.2, 0.25) is 0 Å². The van der Waals surface area contributed by atoms with Crippen LogP contribution >= 0.6 is 0 Å². The van der Waals surface area contributed by atoms with Gasteiger partial charge in [-0.2, -0.15) is 0 Å². The molecule has 0 aromatic heterocycles. The topological polar surface area (TPSA) is 24.1 Å². The Morgan fingerprint density at radius 2 is 2.29 bits per heavy atom. The van der Waals surface area contributed by atoms with Crippen molar-refractivity contribution in [3.05, 3.63) is 0 Å². The van der Waals surface area contributed by atoms with Gasteiger partial charge in [-0.15, -0.1) is 0 Å². The third-order valence-corrected chi connectivity index (χ3v) is 2.82. The second-order valence-corrected chi connectivity index (χ2v) is 4.08. The summed E-state index contributed by atoms with van der Waals surface area (Å²) < 4.78 is 23.9. The van der Waals surface area contributed by atoms with Crippen molar-refractivity contribution >= 4 is 0 Å². The van der Waals surface area contributed by atoms with Crippen molar-refractivity contribution in [2.75, 3.05) is 19.6 Å². The molecule has 0 radical (unpaired) electrons. The third-order valence-electron chi connectivity index (χ3n) is 2.82. The molecule has 0 bridgehead atoms. The van der Waals surface area contributed by atoms with E-state index in [1.54, 1.807) is 0 Å². The van der Waals surface area contributed by atoms with Gasteiger partial charge in [-0.1, -0.05) is 13.3 Å². The maximum Gasteiger partial charge on any atom is 0.250 e. The molecule has 0 amide bonds. The summed E-state index contributed by atoms with van der Waals surface area (Å²) in [6, 6.07) is 0. The molecule has 0 spiro atoms. The highest BCUT2D eigenvalue weighted by atomic mass is 19.3. The molecule has 0 aromatic rings. The van der Waals surface area contributed by atoms with Crippen LogP contribution in [0.1, 0.15) is 32.6 Å². The van der Waals surface area contributed by atoms with Crippen molar-refractivity contribution in [2.45, 2.75) is 44.6 Å². The van der Waals surface area contributed by atoms with Gasteiger partial charge in [0, 0.05) is 12.1 Å². The highest BCUT2D eigenvalue weighted by molar-refractivity contribution is 4.94. The van der Waals surface area contributed by atoms with E-state index in [9.17, 15) is 8.78 Å². The second kappa shape index (κ2) is 5.61. The number of hydrogen-bond acceptors (Lipinski definition) is 2. The fourth-order valence-corrected chi connectivity index (χ4v) is 2.22. The maximum absolute atomic E-state index is 11.9. The summed E-state index contributed by atoms with van der Waals surface area (Å²) in [5.74, 6) is 0. The van der Waals surface area contributed by atoms with E-state index in [1.165, 1.54) is 0 Å². The quantitative estimate of drug-likeness (QED) is 0.692. The van der Waals surface area contributed by atoms with Crippen molar-refractivity contribution in [1.82, 2.24) is 10.6 Å². The molecule has 84 valence electrons. The molecule has 1 heterocycles. The average molecular weight is 206 g/mol. The van der Waals surface area contributed by atoms with Crippen LogP contribution in [0.5, 0.6) is 0 Å². The van der Waals surface area contributed by atoms with Crippen LogP contribution in [0.25, 0.3) is 0 Å². The Bertz CT molecular complexity index is 156. The molecule has 1 aliphatic rings. The Kier molecular flexibility index (Phi) is 4.75. The summed E-state index contributed by atoms with van der Waals surface area (Å²) in [6.45, 7) is 3.64. The summed E-state index contributed by atoms with van der Waals surface area (Å²) in [7, 11) is 0.